The molecule has 128 valence electrons. The number of carbonyl (C=O) groups is 1. The topological polar surface area (TPSA) is 87.3 Å². The van der Waals surface area contributed by atoms with Crippen molar-refractivity contribution in [3.8, 4) is 0 Å². The number of hydrogen-bond donors (Lipinski definition) is 3. The molecular weight excluding hydrogens is 321 g/mol. The lowest BCUT2D eigenvalue weighted by Crippen LogP contribution is -2.52. The van der Waals surface area contributed by atoms with Crippen LogP contribution in [0.1, 0.15) is 20.3 Å². The summed E-state index contributed by atoms with van der Waals surface area (Å²) in [5.41, 5.74) is 0. The Labute approximate surface area is 135 Å². The van der Waals surface area contributed by atoms with Crippen LogP contribution in [0, 0.1) is 11.7 Å². The molecule has 1 fully saturated rings. The van der Waals surface area contributed by atoms with E-state index in [1.54, 1.807) is 13.8 Å². The smallest absolute Gasteiger partial charge is 0.244 e. The van der Waals surface area contributed by atoms with Gasteiger partial charge in [-0.1, -0.05) is 26.0 Å². The minimum absolute atomic E-state index is 0.0123. The predicted molar refractivity (Wildman–Crippen MR) is 84.8 cm³/mol. The molecule has 1 aromatic rings. The zero-order chi connectivity index (χ0) is 17.0. The van der Waals surface area contributed by atoms with E-state index < -0.39 is 32.7 Å². The summed E-state index contributed by atoms with van der Waals surface area (Å²) in [5, 5.41) is 5.95. The van der Waals surface area contributed by atoms with Crippen LogP contribution in [0.2, 0.25) is 0 Å². The van der Waals surface area contributed by atoms with Gasteiger partial charge in [0.05, 0.1) is 0 Å². The highest BCUT2D eigenvalue weighted by atomic mass is 32.2. The molecule has 1 aromatic carbocycles. The summed E-state index contributed by atoms with van der Waals surface area (Å²) in [4.78, 5) is 11.9. The average molecular weight is 343 g/mol. The Morgan fingerprint density at radius 3 is 2.61 bits per heavy atom. The third-order valence-corrected chi connectivity index (χ3v) is 5.24. The number of hydrogen-bond acceptors (Lipinski definition) is 4. The largest absolute Gasteiger partial charge is 0.351 e. The minimum Gasteiger partial charge on any atom is -0.351 e. The van der Waals surface area contributed by atoms with E-state index in [9.17, 15) is 17.6 Å². The van der Waals surface area contributed by atoms with Crippen LogP contribution in [0.5, 0.6) is 0 Å². The molecule has 2 rings (SSSR count). The summed E-state index contributed by atoms with van der Waals surface area (Å²) < 4.78 is 40.8. The minimum atomic E-state index is -4.12. The molecule has 0 spiro atoms. The van der Waals surface area contributed by atoms with Gasteiger partial charge in [-0.2, -0.15) is 4.72 Å². The van der Waals surface area contributed by atoms with E-state index >= 15 is 0 Å². The molecule has 1 aliphatic rings. The van der Waals surface area contributed by atoms with Gasteiger partial charge in [0.25, 0.3) is 0 Å². The maximum absolute atomic E-state index is 13.7. The van der Waals surface area contributed by atoms with E-state index in [1.165, 1.54) is 18.2 Å². The van der Waals surface area contributed by atoms with E-state index in [-0.39, 0.29) is 12.0 Å². The molecule has 3 N–H and O–H groups in total. The van der Waals surface area contributed by atoms with E-state index in [2.05, 4.69) is 15.4 Å². The first-order chi connectivity index (χ1) is 10.8. The van der Waals surface area contributed by atoms with Crippen LogP contribution in [-0.4, -0.2) is 39.5 Å². The van der Waals surface area contributed by atoms with Gasteiger partial charge < -0.3 is 10.6 Å². The van der Waals surface area contributed by atoms with Gasteiger partial charge in [-0.15, -0.1) is 0 Å². The molecule has 6 nitrogen and oxygen atoms in total. The number of carbonyl (C=O) groups excluding carboxylic acids is 1. The summed E-state index contributed by atoms with van der Waals surface area (Å²) in [6, 6.07) is 4.12. The first-order valence-corrected chi connectivity index (χ1v) is 9.07. The van der Waals surface area contributed by atoms with Gasteiger partial charge in [-0.05, 0) is 31.0 Å². The molecule has 0 radical (unpaired) electrons. The molecule has 2 unspecified atom stereocenters. The number of halogens is 1. The van der Waals surface area contributed by atoms with Gasteiger partial charge in [-0.25, -0.2) is 12.8 Å². The van der Waals surface area contributed by atoms with Gasteiger partial charge in [0, 0.05) is 12.6 Å². The van der Waals surface area contributed by atoms with Gasteiger partial charge in [0.15, 0.2) is 0 Å². The van der Waals surface area contributed by atoms with Crippen molar-refractivity contribution < 1.29 is 17.6 Å². The number of nitrogens with one attached hydrogen (secondary N) is 3. The molecule has 8 heteroatoms. The summed E-state index contributed by atoms with van der Waals surface area (Å²) in [6.45, 7) is 4.96. The van der Waals surface area contributed by atoms with Crippen molar-refractivity contribution in [1.82, 2.24) is 15.4 Å². The molecule has 0 aliphatic carbocycles. The molecule has 0 aromatic heterocycles. The highest BCUT2D eigenvalue weighted by Crippen LogP contribution is 2.15. The first-order valence-electron chi connectivity index (χ1n) is 7.59. The monoisotopic (exact) mass is 343 g/mol. The molecule has 1 saturated heterocycles. The zero-order valence-corrected chi connectivity index (χ0v) is 14.0. The zero-order valence-electron chi connectivity index (χ0n) is 13.2. The molecule has 23 heavy (non-hydrogen) atoms. The molecule has 1 heterocycles. The van der Waals surface area contributed by atoms with Crippen LogP contribution in [-0.2, 0) is 14.8 Å². The fraction of sp³-hybridized carbons (Fsp3) is 0.533. The Morgan fingerprint density at radius 1 is 1.35 bits per heavy atom. The Balaban J connectivity index is 2.15. The number of sulfonamides is 1. The maximum Gasteiger partial charge on any atom is 0.244 e. The van der Waals surface area contributed by atoms with Crippen LogP contribution in [0.15, 0.2) is 29.2 Å². The van der Waals surface area contributed by atoms with Crippen LogP contribution in [0.3, 0.4) is 0 Å². The third-order valence-electron chi connectivity index (χ3n) is 3.76. The van der Waals surface area contributed by atoms with Crippen LogP contribution in [0.25, 0.3) is 0 Å². The first kappa shape index (κ1) is 17.8. The molecule has 0 bridgehead atoms. The lowest BCUT2D eigenvalue weighted by molar-refractivity contribution is -0.124. The number of benzene rings is 1. The Morgan fingerprint density at radius 2 is 2.04 bits per heavy atom. The van der Waals surface area contributed by atoms with E-state index in [1.807, 2.05) is 0 Å². The molecule has 1 amide bonds. The van der Waals surface area contributed by atoms with Crippen molar-refractivity contribution >= 4 is 15.9 Å². The van der Waals surface area contributed by atoms with Gasteiger partial charge in [-0.3, -0.25) is 4.79 Å². The van der Waals surface area contributed by atoms with Crippen LogP contribution < -0.4 is 15.4 Å². The SMILES string of the molecule is CC(C)C(NS(=O)(=O)c1ccccc1F)C(=O)NC1CCNC1. The second-order valence-electron chi connectivity index (χ2n) is 5.97. The normalized spacial score (nSPS) is 19.7. The molecule has 1 aliphatic heterocycles. The Bertz CT molecular complexity index is 658. The van der Waals surface area contributed by atoms with Gasteiger partial charge in [0.2, 0.25) is 15.9 Å². The standard InChI is InChI=1S/C15H22FN3O3S/c1-10(2)14(15(20)18-11-7-8-17-9-11)19-23(21,22)13-6-4-3-5-12(13)16/h3-6,10-11,14,17,19H,7-9H2,1-2H3,(H,18,20). The third kappa shape index (κ3) is 4.49. The summed E-state index contributed by atoms with van der Waals surface area (Å²) in [5.74, 6) is -1.51. The summed E-state index contributed by atoms with van der Waals surface area (Å²) >= 11 is 0. The van der Waals surface area contributed by atoms with E-state index in [0.29, 0.717) is 6.54 Å². The van der Waals surface area contributed by atoms with Crippen molar-refractivity contribution in [3.63, 3.8) is 0 Å². The van der Waals surface area contributed by atoms with E-state index in [0.717, 1.165) is 19.0 Å². The van der Waals surface area contributed by atoms with Gasteiger partial charge >= 0.3 is 0 Å². The van der Waals surface area contributed by atoms with Crippen molar-refractivity contribution in [1.29, 1.82) is 0 Å². The van der Waals surface area contributed by atoms with Crippen LogP contribution in [0.4, 0.5) is 4.39 Å². The molecule has 2 atom stereocenters. The van der Waals surface area contributed by atoms with E-state index in [4.69, 9.17) is 0 Å². The Hall–Kier alpha value is -1.51. The van der Waals surface area contributed by atoms with Crippen molar-refractivity contribution in [2.75, 3.05) is 13.1 Å². The van der Waals surface area contributed by atoms with Crippen LogP contribution >= 0.6 is 0 Å². The quantitative estimate of drug-likeness (QED) is 0.706. The lowest BCUT2D eigenvalue weighted by atomic mass is 10.0. The lowest BCUT2D eigenvalue weighted by Gasteiger charge is -2.23. The summed E-state index contributed by atoms with van der Waals surface area (Å²) in [6.07, 6.45) is 0.802. The fourth-order valence-electron chi connectivity index (χ4n) is 2.45. The second-order valence-corrected chi connectivity index (χ2v) is 7.65. The molecular formula is C15H22FN3O3S. The highest BCUT2D eigenvalue weighted by molar-refractivity contribution is 7.89. The average Bonchev–Trinajstić information content (AvgIpc) is 2.97. The maximum atomic E-state index is 13.7. The summed E-state index contributed by atoms with van der Waals surface area (Å²) in [7, 11) is -4.12. The second kappa shape index (κ2) is 7.37. The number of rotatable bonds is 6. The van der Waals surface area contributed by atoms with Gasteiger partial charge in [0.1, 0.15) is 16.8 Å². The van der Waals surface area contributed by atoms with Crippen molar-refractivity contribution in [3.05, 3.63) is 30.1 Å². The molecule has 0 saturated carbocycles. The van der Waals surface area contributed by atoms with Crippen molar-refractivity contribution in [2.45, 2.75) is 37.2 Å². The highest BCUT2D eigenvalue weighted by Gasteiger charge is 2.31. The van der Waals surface area contributed by atoms with Crippen molar-refractivity contribution in [2.24, 2.45) is 5.92 Å². The number of amides is 1. The fourth-order valence-corrected chi connectivity index (χ4v) is 3.88. The Kier molecular flexibility index (Phi) is 5.72. The predicted octanol–water partition coefficient (Wildman–Crippen LogP) is 0.607.